The lowest BCUT2D eigenvalue weighted by molar-refractivity contribution is -0.131. The quantitative estimate of drug-likeness (QED) is 0.787. The zero-order valence-corrected chi connectivity index (χ0v) is 15.1. The smallest absolute Gasteiger partial charge is 0.244 e. The molecule has 3 rings (SSSR count). The minimum atomic E-state index is -3.42. The average Bonchev–Trinajstić information content (AvgIpc) is 3.10. The number of aliphatic hydroxyl groups excluding tert-OH is 1. The van der Waals surface area contributed by atoms with E-state index in [1.807, 2.05) is 24.3 Å². The van der Waals surface area contributed by atoms with Crippen molar-refractivity contribution >= 4 is 26.8 Å². The SMILES string of the molecule is CN(C)S(=O)(=O)C[C@@H]1CN(C(=O)Cn2cc3ccccc3n2)C[C@@H]1O. The summed E-state index contributed by atoms with van der Waals surface area (Å²) in [6, 6.07) is 7.58. The molecular weight excluding hydrogens is 344 g/mol. The minimum absolute atomic E-state index is 0.0640. The maximum atomic E-state index is 12.5. The zero-order valence-electron chi connectivity index (χ0n) is 14.2. The van der Waals surface area contributed by atoms with E-state index < -0.39 is 22.0 Å². The molecule has 2 aromatic rings. The molecule has 1 aliphatic heterocycles. The molecule has 1 saturated heterocycles. The summed E-state index contributed by atoms with van der Waals surface area (Å²) in [6.07, 6.45) is 0.962. The monoisotopic (exact) mass is 366 g/mol. The van der Waals surface area contributed by atoms with Crippen molar-refractivity contribution in [1.82, 2.24) is 19.0 Å². The van der Waals surface area contributed by atoms with Crippen LogP contribution in [-0.2, 0) is 21.4 Å². The van der Waals surface area contributed by atoms with Crippen molar-refractivity contribution in [1.29, 1.82) is 0 Å². The highest BCUT2D eigenvalue weighted by molar-refractivity contribution is 7.89. The second-order valence-electron chi connectivity index (χ2n) is 6.57. The number of nitrogens with zero attached hydrogens (tertiary/aromatic N) is 4. The molecule has 2 atom stereocenters. The molecule has 0 saturated carbocycles. The van der Waals surface area contributed by atoms with Crippen LogP contribution < -0.4 is 0 Å². The Morgan fingerprint density at radius 1 is 1.32 bits per heavy atom. The Bertz CT molecular complexity index is 844. The number of amides is 1. The third-order valence-corrected chi connectivity index (χ3v) is 6.46. The second-order valence-corrected chi connectivity index (χ2v) is 8.80. The largest absolute Gasteiger partial charge is 0.391 e. The van der Waals surface area contributed by atoms with Gasteiger partial charge in [0.15, 0.2) is 0 Å². The van der Waals surface area contributed by atoms with Crippen molar-refractivity contribution in [3.63, 3.8) is 0 Å². The van der Waals surface area contributed by atoms with E-state index in [-0.39, 0.29) is 31.3 Å². The number of fused-ring (bicyclic) bond motifs is 1. The third kappa shape index (κ3) is 3.83. The molecule has 2 heterocycles. The van der Waals surface area contributed by atoms with Gasteiger partial charge in [-0.05, 0) is 6.07 Å². The van der Waals surface area contributed by atoms with E-state index in [1.165, 1.54) is 19.0 Å². The third-order valence-electron chi connectivity index (χ3n) is 4.50. The molecule has 1 fully saturated rings. The van der Waals surface area contributed by atoms with Gasteiger partial charge in [0.05, 0.1) is 17.4 Å². The second kappa shape index (κ2) is 6.74. The number of benzene rings is 1. The molecule has 0 unspecified atom stereocenters. The first-order valence-corrected chi connectivity index (χ1v) is 9.65. The maximum absolute atomic E-state index is 12.5. The normalized spacial score (nSPS) is 21.4. The highest BCUT2D eigenvalue weighted by Crippen LogP contribution is 2.20. The minimum Gasteiger partial charge on any atom is -0.391 e. The van der Waals surface area contributed by atoms with Gasteiger partial charge >= 0.3 is 0 Å². The number of aliphatic hydroxyl groups is 1. The van der Waals surface area contributed by atoms with Crippen molar-refractivity contribution < 1.29 is 18.3 Å². The number of hydrogen-bond acceptors (Lipinski definition) is 5. The summed E-state index contributed by atoms with van der Waals surface area (Å²) >= 11 is 0. The van der Waals surface area contributed by atoms with Gasteiger partial charge in [0.1, 0.15) is 6.54 Å². The summed E-state index contributed by atoms with van der Waals surface area (Å²) in [5.74, 6) is -0.832. The van der Waals surface area contributed by atoms with E-state index in [1.54, 1.807) is 10.9 Å². The van der Waals surface area contributed by atoms with Gasteiger partial charge in [-0.2, -0.15) is 5.10 Å². The molecule has 1 aliphatic rings. The highest BCUT2D eigenvalue weighted by Gasteiger charge is 2.37. The molecule has 1 aromatic heterocycles. The fourth-order valence-corrected chi connectivity index (χ4v) is 4.14. The lowest BCUT2D eigenvalue weighted by Gasteiger charge is -2.18. The summed E-state index contributed by atoms with van der Waals surface area (Å²) in [7, 11) is -0.501. The molecule has 9 heteroatoms. The molecule has 0 spiro atoms. The number of rotatable bonds is 5. The Kier molecular flexibility index (Phi) is 4.81. The van der Waals surface area contributed by atoms with Crippen molar-refractivity contribution in [3.8, 4) is 0 Å². The average molecular weight is 366 g/mol. The van der Waals surface area contributed by atoms with Gasteiger partial charge in [-0.3, -0.25) is 9.48 Å². The van der Waals surface area contributed by atoms with Gasteiger partial charge in [0, 0.05) is 44.7 Å². The van der Waals surface area contributed by atoms with Crippen LogP contribution in [0.1, 0.15) is 0 Å². The number of aromatic nitrogens is 2. The summed E-state index contributed by atoms with van der Waals surface area (Å²) in [4.78, 5) is 14.0. The van der Waals surface area contributed by atoms with Gasteiger partial charge in [-0.1, -0.05) is 18.2 Å². The van der Waals surface area contributed by atoms with E-state index >= 15 is 0 Å². The van der Waals surface area contributed by atoms with Gasteiger partial charge in [-0.25, -0.2) is 12.7 Å². The molecule has 0 aliphatic carbocycles. The number of carbonyl (C=O) groups is 1. The van der Waals surface area contributed by atoms with Crippen LogP contribution in [0.25, 0.3) is 10.9 Å². The van der Waals surface area contributed by atoms with Crippen molar-refractivity contribution in [2.45, 2.75) is 12.6 Å². The molecule has 8 nitrogen and oxygen atoms in total. The number of sulfonamides is 1. The van der Waals surface area contributed by atoms with Crippen LogP contribution in [0.4, 0.5) is 0 Å². The van der Waals surface area contributed by atoms with Crippen LogP contribution in [0.3, 0.4) is 0 Å². The van der Waals surface area contributed by atoms with Gasteiger partial charge in [-0.15, -0.1) is 0 Å². The van der Waals surface area contributed by atoms with Crippen molar-refractivity contribution in [2.24, 2.45) is 5.92 Å². The van der Waals surface area contributed by atoms with Crippen molar-refractivity contribution in [2.75, 3.05) is 32.9 Å². The van der Waals surface area contributed by atoms with Crippen LogP contribution in [-0.4, -0.2) is 77.5 Å². The van der Waals surface area contributed by atoms with Gasteiger partial charge in [0.2, 0.25) is 15.9 Å². The van der Waals surface area contributed by atoms with Crippen LogP contribution in [0.15, 0.2) is 30.5 Å². The molecule has 136 valence electrons. The molecule has 0 radical (unpaired) electrons. The number of β-amino-alcohol motifs (C(OH)–C–C–N with tert-alkyl or cyclic N) is 1. The number of likely N-dealkylation sites (tertiary alicyclic amines) is 1. The Hall–Kier alpha value is -1.97. The predicted molar refractivity (Wildman–Crippen MR) is 93.3 cm³/mol. The fourth-order valence-electron chi connectivity index (χ4n) is 2.98. The Morgan fingerprint density at radius 2 is 2.04 bits per heavy atom. The standard InChI is InChI=1S/C16H22N4O4S/c1-18(2)25(23,24)11-13-7-19(9-15(13)21)16(22)10-20-8-12-5-3-4-6-14(12)17-20/h3-6,8,13,15,21H,7,9-11H2,1-2H3/t13-,15-/m0/s1. The zero-order chi connectivity index (χ0) is 18.2. The molecule has 25 heavy (non-hydrogen) atoms. The van der Waals surface area contributed by atoms with Crippen molar-refractivity contribution in [3.05, 3.63) is 30.5 Å². The van der Waals surface area contributed by atoms with E-state index in [0.717, 1.165) is 15.2 Å². The van der Waals surface area contributed by atoms with Crippen LogP contribution in [0, 0.1) is 5.92 Å². The topological polar surface area (TPSA) is 95.7 Å². The number of carbonyl (C=O) groups excluding carboxylic acids is 1. The molecule has 1 aromatic carbocycles. The highest BCUT2D eigenvalue weighted by atomic mass is 32.2. The number of hydrogen-bond donors (Lipinski definition) is 1. The van der Waals surface area contributed by atoms with E-state index in [2.05, 4.69) is 5.10 Å². The summed E-state index contributed by atoms with van der Waals surface area (Å²) in [5.41, 5.74) is 0.812. The van der Waals surface area contributed by atoms with E-state index in [0.29, 0.717) is 0 Å². The molecule has 1 N–H and O–H groups in total. The molecule has 0 bridgehead atoms. The predicted octanol–water partition coefficient (Wildman–Crippen LogP) is -0.253. The first-order valence-electron chi connectivity index (χ1n) is 8.04. The lowest BCUT2D eigenvalue weighted by atomic mass is 10.1. The van der Waals surface area contributed by atoms with Crippen LogP contribution in [0.2, 0.25) is 0 Å². The van der Waals surface area contributed by atoms with Gasteiger partial charge < -0.3 is 10.0 Å². The molecular formula is C16H22N4O4S. The van der Waals surface area contributed by atoms with Gasteiger partial charge in [0.25, 0.3) is 0 Å². The molecule has 1 amide bonds. The Labute approximate surface area is 146 Å². The summed E-state index contributed by atoms with van der Waals surface area (Å²) < 4.78 is 26.7. The maximum Gasteiger partial charge on any atom is 0.244 e. The fraction of sp³-hybridized carbons (Fsp3) is 0.500. The van der Waals surface area contributed by atoms with E-state index in [4.69, 9.17) is 0 Å². The Morgan fingerprint density at radius 3 is 2.72 bits per heavy atom. The summed E-state index contributed by atoms with van der Waals surface area (Å²) in [6.45, 7) is 0.440. The van der Waals surface area contributed by atoms with E-state index in [9.17, 15) is 18.3 Å². The van der Waals surface area contributed by atoms with Crippen LogP contribution in [0.5, 0.6) is 0 Å². The lowest BCUT2D eigenvalue weighted by Crippen LogP contribution is -2.34. The first-order chi connectivity index (χ1) is 11.8. The van der Waals surface area contributed by atoms with Crippen LogP contribution >= 0.6 is 0 Å². The first kappa shape index (κ1) is 17.8. The Balaban J connectivity index is 1.65. The summed E-state index contributed by atoms with van der Waals surface area (Å²) in [5, 5.41) is 15.4.